The van der Waals surface area contributed by atoms with E-state index in [1.165, 1.54) is 57.8 Å². The van der Waals surface area contributed by atoms with E-state index in [4.69, 9.17) is 0 Å². The summed E-state index contributed by atoms with van der Waals surface area (Å²) in [6, 6.07) is 0.458. The first-order valence-corrected chi connectivity index (χ1v) is 11.3. The molecule has 0 aromatic carbocycles. The molecule has 144 valence electrons. The van der Waals surface area contributed by atoms with Gasteiger partial charge in [-0.25, -0.2) is 0 Å². The molecule has 4 aliphatic rings. The summed E-state index contributed by atoms with van der Waals surface area (Å²) in [4.78, 5) is 0. The lowest BCUT2D eigenvalue weighted by atomic mass is 9.44. The molecule has 4 saturated carbocycles. The predicted molar refractivity (Wildman–Crippen MR) is 104 cm³/mol. The standard InChI is InChI=1S/C23H41NO/c1-16(2)24-15-23(25)14-11-20-18-9-8-17-7-5-6-12-21(17,3)19(18)10-13-22(20,23)4/h16-20,24-25H,5-15H2,1-4H3/t17-,18-,19+,20+,21-,22-,23+/m0/s1. The second kappa shape index (κ2) is 6.23. The smallest absolute Gasteiger partial charge is 0.0827 e. The lowest BCUT2D eigenvalue weighted by molar-refractivity contribution is -0.150. The highest BCUT2D eigenvalue weighted by Gasteiger charge is 2.64. The number of fused-ring (bicyclic) bond motifs is 5. The molecule has 0 radical (unpaired) electrons. The van der Waals surface area contributed by atoms with Crippen molar-refractivity contribution in [3.8, 4) is 0 Å². The molecule has 0 aromatic heterocycles. The van der Waals surface area contributed by atoms with Gasteiger partial charge in [0.05, 0.1) is 5.60 Å². The van der Waals surface area contributed by atoms with Crippen LogP contribution in [0, 0.1) is 34.5 Å². The van der Waals surface area contributed by atoms with Crippen molar-refractivity contribution >= 4 is 0 Å². The first-order valence-electron chi connectivity index (χ1n) is 11.3. The van der Waals surface area contributed by atoms with Crippen molar-refractivity contribution in [3.63, 3.8) is 0 Å². The van der Waals surface area contributed by atoms with Gasteiger partial charge in [0, 0.05) is 18.0 Å². The Morgan fingerprint density at radius 1 is 0.920 bits per heavy atom. The molecular weight excluding hydrogens is 306 g/mol. The molecule has 4 aliphatic carbocycles. The van der Waals surface area contributed by atoms with Gasteiger partial charge in [-0.15, -0.1) is 0 Å². The van der Waals surface area contributed by atoms with Gasteiger partial charge in [0.15, 0.2) is 0 Å². The van der Waals surface area contributed by atoms with Crippen LogP contribution < -0.4 is 5.32 Å². The summed E-state index contributed by atoms with van der Waals surface area (Å²) in [5, 5.41) is 15.2. The molecular formula is C23H41NO. The van der Waals surface area contributed by atoms with Crippen molar-refractivity contribution < 1.29 is 5.11 Å². The number of hydrogen-bond donors (Lipinski definition) is 2. The van der Waals surface area contributed by atoms with Crippen LogP contribution in [0.1, 0.15) is 91.9 Å². The Morgan fingerprint density at radius 2 is 1.68 bits per heavy atom. The van der Waals surface area contributed by atoms with E-state index in [0.29, 0.717) is 11.5 Å². The fraction of sp³-hybridized carbons (Fsp3) is 1.00. The highest BCUT2D eigenvalue weighted by Crippen LogP contribution is 2.68. The van der Waals surface area contributed by atoms with Crippen molar-refractivity contribution in [1.29, 1.82) is 0 Å². The third-order valence-corrected chi connectivity index (χ3v) is 9.71. The monoisotopic (exact) mass is 347 g/mol. The maximum Gasteiger partial charge on any atom is 0.0827 e. The van der Waals surface area contributed by atoms with E-state index in [2.05, 4.69) is 33.0 Å². The second-order valence-electron chi connectivity index (χ2n) is 11.0. The maximum atomic E-state index is 11.6. The van der Waals surface area contributed by atoms with Gasteiger partial charge in [-0.1, -0.05) is 40.5 Å². The third-order valence-electron chi connectivity index (χ3n) is 9.71. The van der Waals surface area contributed by atoms with E-state index in [1.807, 2.05) is 0 Å². The SMILES string of the molecule is CC(C)NC[C@]1(O)CC[C@@H]2[C@H]3CC[C@@H]4CCCC[C@]4(C)[C@@H]3CC[C@@]21C. The first-order chi connectivity index (χ1) is 11.8. The van der Waals surface area contributed by atoms with Crippen molar-refractivity contribution in [1.82, 2.24) is 5.32 Å². The van der Waals surface area contributed by atoms with Gasteiger partial charge in [0.2, 0.25) is 0 Å². The fourth-order valence-corrected chi connectivity index (χ4v) is 8.07. The zero-order valence-electron chi connectivity index (χ0n) is 17.1. The minimum atomic E-state index is -0.489. The molecule has 0 aliphatic heterocycles. The number of aliphatic hydroxyl groups is 1. The molecule has 4 fully saturated rings. The fourth-order valence-electron chi connectivity index (χ4n) is 8.07. The zero-order valence-corrected chi connectivity index (χ0v) is 17.1. The molecule has 0 saturated heterocycles. The Bertz CT molecular complexity index is 504. The Balaban J connectivity index is 1.57. The summed E-state index contributed by atoms with van der Waals surface area (Å²) in [6.07, 6.45) is 13.7. The van der Waals surface area contributed by atoms with Gasteiger partial charge >= 0.3 is 0 Å². The summed E-state index contributed by atoms with van der Waals surface area (Å²) in [5.74, 6) is 3.57. The van der Waals surface area contributed by atoms with Crippen molar-refractivity contribution in [3.05, 3.63) is 0 Å². The molecule has 0 heterocycles. The van der Waals surface area contributed by atoms with Gasteiger partial charge in [0.25, 0.3) is 0 Å². The Morgan fingerprint density at radius 3 is 2.44 bits per heavy atom. The molecule has 2 heteroatoms. The van der Waals surface area contributed by atoms with Crippen LogP contribution in [0.2, 0.25) is 0 Å². The lowest BCUT2D eigenvalue weighted by Gasteiger charge is -2.61. The average molecular weight is 348 g/mol. The Kier molecular flexibility index (Phi) is 4.56. The molecule has 2 nitrogen and oxygen atoms in total. The van der Waals surface area contributed by atoms with Gasteiger partial charge in [-0.3, -0.25) is 0 Å². The Labute approximate surface area is 155 Å². The van der Waals surface area contributed by atoms with E-state index in [0.717, 1.165) is 36.6 Å². The summed E-state index contributed by atoms with van der Waals surface area (Å²) < 4.78 is 0. The molecule has 0 bridgehead atoms. The van der Waals surface area contributed by atoms with Crippen LogP contribution in [-0.2, 0) is 0 Å². The third kappa shape index (κ3) is 2.64. The van der Waals surface area contributed by atoms with Crippen LogP contribution in [0.3, 0.4) is 0 Å². The molecule has 0 amide bonds. The summed E-state index contributed by atoms with van der Waals surface area (Å²) in [6.45, 7) is 10.3. The van der Waals surface area contributed by atoms with E-state index >= 15 is 0 Å². The summed E-state index contributed by atoms with van der Waals surface area (Å²) in [7, 11) is 0. The number of rotatable bonds is 3. The van der Waals surface area contributed by atoms with Crippen molar-refractivity contribution in [2.75, 3.05) is 6.54 Å². The van der Waals surface area contributed by atoms with Gasteiger partial charge in [0.1, 0.15) is 0 Å². The van der Waals surface area contributed by atoms with Gasteiger partial charge in [-0.2, -0.15) is 0 Å². The normalized spacial score (nSPS) is 52.6. The molecule has 0 unspecified atom stereocenters. The Hall–Kier alpha value is -0.0800. The van der Waals surface area contributed by atoms with Crippen LogP contribution in [-0.4, -0.2) is 23.3 Å². The van der Waals surface area contributed by atoms with E-state index in [1.54, 1.807) is 0 Å². The van der Waals surface area contributed by atoms with Crippen molar-refractivity contribution in [2.24, 2.45) is 34.5 Å². The second-order valence-corrected chi connectivity index (χ2v) is 11.0. The predicted octanol–water partition coefficient (Wildman–Crippen LogP) is 5.15. The zero-order chi connectivity index (χ0) is 17.9. The minimum absolute atomic E-state index is 0.133. The van der Waals surface area contributed by atoms with E-state index < -0.39 is 5.60 Å². The van der Waals surface area contributed by atoms with Crippen molar-refractivity contribution in [2.45, 2.75) is 104 Å². The largest absolute Gasteiger partial charge is 0.388 e. The van der Waals surface area contributed by atoms with Crippen LogP contribution >= 0.6 is 0 Å². The van der Waals surface area contributed by atoms with Crippen LogP contribution in [0.15, 0.2) is 0 Å². The molecule has 0 spiro atoms. The quantitative estimate of drug-likeness (QED) is 0.740. The summed E-state index contributed by atoms with van der Waals surface area (Å²) in [5.41, 5.74) is 0.254. The molecule has 2 N–H and O–H groups in total. The topological polar surface area (TPSA) is 32.3 Å². The van der Waals surface area contributed by atoms with E-state index in [9.17, 15) is 5.11 Å². The van der Waals surface area contributed by atoms with E-state index in [-0.39, 0.29) is 5.41 Å². The number of nitrogens with one attached hydrogen (secondary N) is 1. The molecule has 7 atom stereocenters. The number of hydrogen-bond acceptors (Lipinski definition) is 2. The highest BCUT2D eigenvalue weighted by atomic mass is 16.3. The molecule has 0 aromatic rings. The molecule has 25 heavy (non-hydrogen) atoms. The average Bonchev–Trinajstić information content (AvgIpc) is 2.84. The van der Waals surface area contributed by atoms with Crippen LogP contribution in [0.4, 0.5) is 0 Å². The first kappa shape index (κ1) is 18.3. The lowest BCUT2D eigenvalue weighted by Crippen LogP contribution is -2.58. The van der Waals surface area contributed by atoms with Gasteiger partial charge < -0.3 is 10.4 Å². The van der Waals surface area contributed by atoms with Gasteiger partial charge in [-0.05, 0) is 80.5 Å². The van der Waals surface area contributed by atoms with Crippen LogP contribution in [0.25, 0.3) is 0 Å². The maximum absolute atomic E-state index is 11.6. The molecule has 4 rings (SSSR count). The highest BCUT2D eigenvalue weighted by molar-refractivity contribution is 5.14. The van der Waals surface area contributed by atoms with Crippen LogP contribution in [0.5, 0.6) is 0 Å². The summed E-state index contributed by atoms with van der Waals surface area (Å²) >= 11 is 0. The minimum Gasteiger partial charge on any atom is -0.388 e.